The average Bonchev–Trinajstić information content (AvgIpc) is 3.32. The molecule has 4 aliphatic carbocycles. The Morgan fingerprint density at radius 3 is 2.29 bits per heavy atom. The summed E-state index contributed by atoms with van der Waals surface area (Å²) in [6.45, 7) is 3.24. The van der Waals surface area contributed by atoms with E-state index in [4.69, 9.17) is 0 Å². The average molecular weight is 473 g/mol. The van der Waals surface area contributed by atoms with Gasteiger partial charge in [-0.1, -0.05) is 25.1 Å². The first-order valence-corrected chi connectivity index (χ1v) is 13.5. The number of anilines is 1. The third-order valence-corrected chi connectivity index (χ3v) is 9.46. The second-order valence-corrected chi connectivity index (χ2v) is 11.8. The molecule has 3 aromatic rings. The molecule has 1 heterocycles. The fraction of sp³-hybridized carbons (Fsp3) is 0.448. The van der Waals surface area contributed by atoms with Gasteiger partial charge in [-0.3, -0.25) is 0 Å². The molecule has 4 nitrogen and oxygen atoms in total. The maximum absolute atomic E-state index is 11.2. The van der Waals surface area contributed by atoms with Gasteiger partial charge in [0.15, 0.2) is 0 Å². The monoisotopic (exact) mass is 472 g/mol. The van der Waals surface area contributed by atoms with Crippen LogP contribution in [0.3, 0.4) is 0 Å². The number of carbonyl (C=O) groups is 1. The van der Waals surface area contributed by atoms with Crippen molar-refractivity contribution in [3.63, 3.8) is 0 Å². The quantitative estimate of drug-likeness (QED) is 0.374. The van der Waals surface area contributed by atoms with E-state index in [-0.39, 0.29) is 0 Å². The molecule has 0 radical (unpaired) electrons. The van der Waals surface area contributed by atoms with Crippen molar-refractivity contribution in [3.05, 3.63) is 59.8 Å². The number of aromatic carboxylic acids is 1. The minimum atomic E-state index is -0.902. The summed E-state index contributed by atoms with van der Waals surface area (Å²) in [7, 11) is 0. The fourth-order valence-electron chi connectivity index (χ4n) is 7.29. The van der Waals surface area contributed by atoms with E-state index in [2.05, 4.69) is 35.4 Å². The van der Waals surface area contributed by atoms with Crippen LogP contribution >= 0.6 is 11.3 Å². The number of thiazole rings is 1. The van der Waals surface area contributed by atoms with Crippen LogP contribution in [0.4, 0.5) is 5.69 Å². The lowest BCUT2D eigenvalue weighted by atomic mass is 9.48. The largest absolute Gasteiger partial charge is 0.478 e. The number of aromatic nitrogens is 1. The standard InChI is InChI=1S/C29H32N2O2S/c1-2-9-30-25-8-7-23(13-24(25)29-14-18-10-19(15-29)12-20(11-18)16-29)26-17-31-27(34-26)21-3-5-22(6-4-21)28(32)33/h3-8,13,17-20,30H,2,9-12,14-16H2,1H3,(H,32,33)/t18-,19+,20-,29?. The van der Waals surface area contributed by atoms with Crippen molar-refractivity contribution in [1.29, 1.82) is 0 Å². The Hall–Kier alpha value is -2.66. The molecular weight excluding hydrogens is 440 g/mol. The molecule has 34 heavy (non-hydrogen) atoms. The summed E-state index contributed by atoms with van der Waals surface area (Å²) in [5.41, 5.74) is 5.72. The third-order valence-electron chi connectivity index (χ3n) is 8.36. The minimum Gasteiger partial charge on any atom is -0.478 e. The fourth-order valence-corrected chi connectivity index (χ4v) is 8.20. The number of rotatable bonds is 7. The van der Waals surface area contributed by atoms with Crippen molar-refractivity contribution in [2.75, 3.05) is 11.9 Å². The summed E-state index contributed by atoms with van der Waals surface area (Å²) in [6, 6.07) is 14.0. The molecule has 176 valence electrons. The van der Waals surface area contributed by atoms with E-state index in [9.17, 15) is 9.90 Å². The Morgan fingerprint density at radius 1 is 1.03 bits per heavy atom. The van der Waals surface area contributed by atoms with Gasteiger partial charge in [0.05, 0.1) is 10.4 Å². The molecule has 7 rings (SSSR count). The molecule has 4 fully saturated rings. The van der Waals surface area contributed by atoms with Gasteiger partial charge in [0.2, 0.25) is 0 Å². The Bertz CT molecular complexity index is 1180. The van der Waals surface area contributed by atoms with Crippen molar-refractivity contribution in [1.82, 2.24) is 4.98 Å². The second-order valence-electron chi connectivity index (χ2n) is 10.8. The van der Waals surface area contributed by atoms with Gasteiger partial charge < -0.3 is 10.4 Å². The van der Waals surface area contributed by atoms with Crippen molar-refractivity contribution in [2.24, 2.45) is 17.8 Å². The van der Waals surface area contributed by atoms with Crippen LogP contribution in [0.5, 0.6) is 0 Å². The molecular formula is C29H32N2O2S. The summed E-state index contributed by atoms with van der Waals surface area (Å²) in [4.78, 5) is 17.0. The maximum Gasteiger partial charge on any atom is 0.335 e. The Balaban J connectivity index is 1.35. The zero-order valence-electron chi connectivity index (χ0n) is 19.7. The van der Waals surface area contributed by atoms with Crippen LogP contribution in [0.15, 0.2) is 48.7 Å². The van der Waals surface area contributed by atoms with E-state index >= 15 is 0 Å². The van der Waals surface area contributed by atoms with Crippen LogP contribution in [-0.2, 0) is 5.41 Å². The number of nitrogens with zero attached hydrogens (tertiary/aromatic N) is 1. The Kier molecular flexibility index (Phi) is 5.48. The highest BCUT2D eigenvalue weighted by atomic mass is 32.1. The molecule has 0 spiro atoms. The predicted molar refractivity (Wildman–Crippen MR) is 139 cm³/mol. The van der Waals surface area contributed by atoms with Gasteiger partial charge in [-0.2, -0.15) is 0 Å². The number of carboxylic acid groups (broad SMARTS) is 1. The highest BCUT2D eigenvalue weighted by Gasteiger charge is 2.52. The van der Waals surface area contributed by atoms with Crippen LogP contribution in [0.1, 0.15) is 67.8 Å². The highest BCUT2D eigenvalue weighted by molar-refractivity contribution is 7.18. The van der Waals surface area contributed by atoms with E-state index in [0.29, 0.717) is 11.0 Å². The van der Waals surface area contributed by atoms with E-state index in [0.717, 1.165) is 41.3 Å². The SMILES string of the molecule is CCCNc1ccc(-c2cnc(-c3ccc(C(=O)O)cc3)s2)cc1C12C[C@H]3C[C@@H](C1)C[C@@H](C2)C3. The molecule has 4 aliphatic rings. The van der Waals surface area contributed by atoms with E-state index in [1.54, 1.807) is 29.0 Å². The smallest absolute Gasteiger partial charge is 0.335 e. The van der Waals surface area contributed by atoms with Crippen LogP contribution < -0.4 is 5.32 Å². The van der Waals surface area contributed by atoms with Gasteiger partial charge in [-0.25, -0.2) is 9.78 Å². The van der Waals surface area contributed by atoms with Crippen molar-refractivity contribution in [2.45, 2.75) is 57.3 Å². The van der Waals surface area contributed by atoms with Crippen LogP contribution in [0.25, 0.3) is 21.0 Å². The zero-order chi connectivity index (χ0) is 23.3. The van der Waals surface area contributed by atoms with Crippen molar-refractivity contribution < 1.29 is 9.90 Å². The molecule has 4 bridgehead atoms. The summed E-state index contributed by atoms with van der Waals surface area (Å²) in [6.07, 6.45) is 11.5. The number of nitrogens with one attached hydrogen (secondary N) is 1. The van der Waals surface area contributed by atoms with E-state index in [1.807, 2.05) is 18.3 Å². The molecule has 0 unspecified atom stereocenters. The Morgan fingerprint density at radius 2 is 1.68 bits per heavy atom. The van der Waals surface area contributed by atoms with E-state index < -0.39 is 5.97 Å². The lowest BCUT2D eigenvalue weighted by molar-refractivity contribution is -0.00485. The molecule has 5 heteroatoms. The zero-order valence-corrected chi connectivity index (χ0v) is 20.5. The molecule has 0 aliphatic heterocycles. The summed E-state index contributed by atoms with van der Waals surface area (Å²) >= 11 is 1.68. The lowest BCUT2D eigenvalue weighted by Gasteiger charge is -2.57. The van der Waals surface area contributed by atoms with Crippen LogP contribution in [0.2, 0.25) is 0 Å². The summed E-state index contributed by atoms with van der Waals surface area (Å²) in [5, 5.41) is 13.9. The van der Waals surface area contributed by atoms with Gasteiger partial charge in [0.1, 0.15) is 5.01 Å². The third kappa shape index (κ3) is 3.84. The van der Waals surface area contributed by atoms with Gasteiger partial charge in [0, 0.05) is 24.0 Å². The molecule has 0 saturated heterocycles. The van der Waals surface area contributed by atoms with Crippen molar-refractivity contribution >= 4 is 23.0 Å². The van der Waals surface area contributed by atoms with E-state index in [1.165, 1.54) is 54.7 Å². The number of hydrogen-bond acceptors (Lipinski definition) is 4. The molecule has 1 aromatic heterocycles. The summed E-state index contributed by atoms with van der Waals surface area (Å²) in [5.74, 6) is 1.84. The maximum atomic E-state index is 11.2. The molecule has 4 saturated carbocycles. The first kappa shape index (κ1) is 21.8. The minimum absolute atomic E-state index is 0.302. The first-order chi connectivity index (χ1) is 16.5. The topological polar surface area (TPSA) is 62.2 Å². The highest BCUT2D eigenvalue weighted by Crippen LogP contribution is 2.62. The van der Waals surface area contributed by atoms with Gasteiger partial charge in [0.25, 0.3) is 0 Å². The molecule has 0 atom stereocenters. The lowest BCUT2D eigenvalue weighted by Crippen LogP contribution is -2.48. The van der Waals surface area contributed by atoms with Gasteiger partial charge in [-0.05, 0) is 104 Å². The second kappa shape index (κ2) is 8.53. The number of hydrogen-bond donors (Lipinski definition) is 2. The predicted octanol–water partition coefficient (Wildman–Crippen LogP) is 7.47. The summed E-state index contributed by atoms with van der Waals surface area (Å²) < 4.78 is 0. The number of carboxylic acids is 1. The van der Waals surface area contributed by atoms with Gasteiger partial charge in [-0.15, -0.1) is 11.3 Å². The van der Waals surface area contributed by atoms with Crippen molar-refractivity contribution in [3.8, 4) is 21.0 Å². The molecule has 2 aromatic carbocycles. The first-order valence-electron chi connectivity index (χ1n) is 12.7. The van der Waals surface area contributed by atoms with Crippen LogP contribution in [0, 0.1) is 17.8 Å². The normalized spacial score (nSPS) is 27.1. The molecule has 0 amide bonds. The number of benzene rings is 2. The van der Waals surface area contributed by atoms with Crippen LogP contribution in [-0.4, -0.2) is 22.6 Å². The molecule has 2 N–H and O–H groups in total. The van der Waals surface area contributed by atoms with Gasteiger partial charge >= 0.3 is 5.97 Å². The Labute approximate surface area is 205 Å².